The zero-order chi connectivity index (χ0) is 14.7. The van der Waals surface area contributed by atoms with Crippen molar-refractivity contribution in [2.24, 2.45) is 0 Å². The second-order valence-corrected chi connectivity index (χ2v) is 5.14. The Bertz CT molecular complexity index is 508. The Morgan fingerprint density at radius 3 is 2.45 bits per heavy atom. The molecule has 1 heterocycles. The van der Waals surface area contributed by atoms with Crippen LogP contribution in [-0.4, -0.2) is 41.1 Å². The highest BCUT2D eigenvalue weighted by Crippen LogP contribution is 2.39. The minimum Gasteiger partial charge on any atom is -0.502 e. The second-order valence-electron chi connectivity index (χ2n) is 5.14. The van der Waals surface area contributed by atoms with Gasteiger partial charge in [0.1, 0.15) is 0 Å². The van der Waals surface area contributed by atoms with Crippen molar-refractivity contribution in [3.8, 4) is 5.75 Å². The van der Waals surface area contributed by atoms with Gasteiger partial charge in [0, 0.05) is 43.3 Å². The van der Waals surface area contributed by atoms with Crippen LogP contribution in [0.2, 0.25) is 0 Å². The fraction of sp³-hybridized carbons (Fsp3) is 0.571. The third-order valence-corrected chi connectivity index (χ3v) is 3.90. The summed E-state index contributed by atoms with van der Waals surface area (Å²) in [7, 11) is 0. The van der Waals surface area contributed by atoms with Crippen LogP contribution >= 0.6 is 24.8 Å². The SMILES string of the molecule is CC[C@@H](c1ccc(C)c([N+](=O)[O-])c1O)N1CCNCC1.Cl.Cl. The van der Waals surface area contributed by atoms with Crippen LogP contribution in [0.1, 0.15) is 30.5 Å². The predicted octanol–water partition coefficient (Wildman–Crippen LogP) is 2.81. The number of halogens is 2. The lowest BCUT2D eigenvalue weighted by Crippen LogP contribution is -2.45. The molecule has 6 nitrogen and oxygen atoms in total. The molecule has 0 amide bonds. The van der Waals surface area contributed by atoms with Gasteiger partial charge in [0.15, 0.2) is 5.75 Å². The van der Waals surface area contributed by atoms with E-state index in [2.05, 4.69) is 10.2 Å². The van der Waals surface area contributed by atoms with Crippen molar-refractivity contribution < 1.29 is 10.0 Å². The van der Waals surface area contributed by atoms with E-state index >= 15 is 0 Å². The van der Waals surface area contributed by atoms with E-state index in [0.717, 1.165) is 32.6 Å². The number of phenols is 1. The maximum absolute atomic E-state index is 11.1. The summed E-state index contributed by atoms with van der Waals surface area (Å²) in [4.78, 5) is 12.9. The Morgan fingerprint density at radius 2 is 1.95 bits per heavy atom. The van der Waals surface area contributed by atoms with Crippen LogP contribution in [0.25, 0.3) is 0 Å². The fourth-order valence-electron chi connectivity index (χ4n) is 2.86. The number of aryl methyl sites for hydroxylation is 1. The van der Waals surface area contributed by atoms with Gasteiger partial charge in [0.05, 0.1) is 4.92 Å². The van der Waals surface area contributed by atoms with Crippen molar-refractivity contribution in [3.63, 3.8) is 0 Å². The number of nitrogens with zero attached hydrogens (tertiary/aromatic N) is 2. The molecule has 0 aliphatic carbocycles. The van der Waals surface area contributed by atoms with Gasteiger partial charge in [-0.15, -0.1) is 24.8 Å². The topological polar surface area (TPSA) is 78.6 Å². The van der Waals surface area contributed by atoms with E-state index in [0.29, 0.717) is 11.1 Å². The summed E-state index contributed by atoms with van der Waals surface area (Å²) in [6, 6.07) is 3.56. The number of piperazine rings is 1. The first-order valence-corrected chi connectivity index (χ1v) is 6.97. The average molecular weight is 352 g/mol. The van der Waals surface area contributed by atoms with Crippen LogP contribution in [0.4, 0.5) is 5.69 Å². The summed E-state index contributed by atoms with van der Waals surface area (Å²) >= 11 is 0. The van der Waals surface area contributed by atoms with Crippen LogP contribution in [0, 0.1) is 17.0 Å². The van der Waals surface area contributed by atoms with Crippen molar-refractivity contribution >= 4 is 30.5 Å². The first-order valence-electron chi connectivity index (χ1n) is 6.97. The number of aromatic hydroxyl groups is 1. The zero-order valence-electron chi connectivity index (χ0n) is 12.7. The van der Waals surface area contributed by atoms with Crippen molar-refractivity contribution in [1.29, 1.82) is 0 Å². The van der Waals surface area contributed by atoms with E-state index in [9.17, 15) is 15.2 Å². The molecule has 0 saturated carbocycles. The maximum atomic E-state index is 11.1. The smallest absolute Gasteiger partial charge is 0.313 e. The molecule has 0 bridgehead atoms. The third-order valence-electron chi connectivity index (χ3n) is 3.90. The molecule has 0 radical (unpaired) electrons. The summed E-state index contributed by atoms with van der Waals surface area (Å²) in [5.74, 6) is -0.180. The Kier molecular flexibility index (Phi) is 8.70. The third kappa shape index (κ3) is 4.23. The van der Waals surface area contributed by atoms with Gasteiger partial charge in [0.2, 0.25) is 0 Å². The Labute approximate surface area is 142 Å². The fourth-order valence-corrected chi connectivity index (χ4v) is 2.86. The van der Waals surface area contributed by atoms with Crippen molar-refractivity contribution in [2.75, 3.05) is 26.2 Å². The van der Waals surface area contributed by atoms with Gasteiger partial charge in [-0.2, -0.15) is 0 Å². The molecule has 126 valence electrons. The number of nitrogens with one attached hydrogen (secondary N) is 1. The molecule has 0 unspecified atom stereocenters. The maximum Gasteiger partial charge on any atom is 0.313 e. The summed E-state index contributed by atoms with van der Waals surface area (Å²) in [6.45, 7) is 7.28. The van der Waals surface area contributed by atoms with Crippen molar-refractivity contribution in [1.82, 2.24) is 10.2 Å². The highest BCUT2D eigenvalue weighted by molar-refractivity contribution is 5.85. The predicted molar refractivity (Wildman–Crippen MR) is 91.5 cm³/mol. The van der Waals surface area contributed by atoms with Crippen LogP contribution in [0.5, 0.6) is 5.75 Å². The largest absolute Gasteiger partial charge is 0.502 e. The summed E-state index contributed by atoms with van der Waals surface area (Å²) in [5.41, 5.74) is 0.981. The minimum atomic E-state index is -0.501. The van der Waals surface area contributed by atoms with Crippen molar-refractivity contribution in [2.45, 2.75) is 26.3 Å². The number of nitro benzene ring substituents is 1. The molecule has 1 fully saturated rings. The summed E-state index contributed by atoms with van der Waals surface area (Å²) in [5, 5.41) is 24.7. The van der Waals surface area contributed by atoms with Crippen molar-refractivity contribution in [3.05, 3.63) is 33.4 Å². The Balaban J connectivity index is 0.00000220. The van der Waals surface area contributed by atoms with E-state index in [1.807, 2.05) is 13.0 Å². The number of hydrogen-bond donors (Lipinski definition) is 2. The van der Waals surface area contributed by atoms with Crippen LogP contribution in [0.3, 0.4) is 0 Å². The van der Waals surface area contributed by atoms with Gasteiger partial charge in [-0.05, 0) is 13.3 Å². The highest BCUT2D eigenvalue weighted by atomic mass is 35.5. The van der Waals surface area contributed by atoms with Crippen LogP contribution in [0.15, 0.2) is 12.1 Å². The molecule has 1 aromatic carbocycles. The first kappa shape index (κ1) is 20.9. The molecule has 2 N–H and O–H groups in total. The van der Waals surface area contributed by atoms with Crippen LogP contribution in [-0.2, 0) is 0 Å². The minimum absolute atomic E-state index is 0. The van der Waals surface area contributed by atoms with Crippen LogP contribution < -0.4 is 5.32 Å². The molecule has 1 aliphatic rings. The van der Waals surface area contributed by atoms with E-state index in [-0.39, 0.29) is 42.3 Å². The van der Waals surface area contributed by atoms with Gasteiger partial charge in [-0.1, -0.05) is 19.1 Å². The molecule has 1 atom stereocenters. The number of hydrogen-bond acceptors (Lipinski definition) is 5. The lowest BCUT2D eigenvalue weighted by atomic mass is 9.98. The van der Waals surface area contributed by atoms with Gasteiger partial charge in [-0.25, -0.2) is 0 Å². The second kappa shape index (κ2) is 9.15. The quantitative estimate of drug-likeness (QED) is 0.644. The number of phenolic OH excluding ortho intramolecular Hbond substituents is 1. The van der Waals surface area contributed by atoms with Gasteiger partial charge in [0.25, 0.3) is 0 Å². The number of benzene rings is 1. The monoisotopic (exact) mass is 351 g/mol. The van der Waals surface area contributed by atoms with E-state index < -0.39 is 4.92 Å². The lowest BCUT2D eigenvalue weighted by molar-refractivity contribution is -0.386. The van der Waals surface area contributed by atoms with Gasteiger partial charge >= 0.3 is 5.69 Å². The normalized spacial score (nSPS) is 16.3. The lowest BCUT2D eigenvalue weighted by Gasteiger charge is -2.34. The first-order chi connectivity index (χ1) is 9.56. The average Bonchev–Trinajstić information content (AvgIpc) is 2.43. The zero-order valence-corrected chi connectivity index (χ0v) is 14.4. The molecule has 1 aromatic rings. The molecule has 0 spiro atoms. The molecule has 0 aromatic heterocycles. The molecule has 2 rings (SSSR count). The summed E-state index contributed by atoms with van der Waals surface area (Å²) < 4.78 is 0. The van der Waals surface area contributed by atoms with E-state index in [1.54, 1.807) is 13.0 Å². The van der Waals surface area contributed by atoms with E-state index in [1.165, 1.54) is 0 Å². The highest BCUT2D eigenvalue weighted by Gasteiger charge is 2.28. The molecular weight excluding hydrogens is 329 g/mol. The standard InChI is InChI=1S/C14H21N3O3.2ClH/c1-3-12(16-8-6-15-7-9-16)11-5-4-10(2)13(14(11)18)17(19)20;;/h4-5,12,15,18H,3,6-9H2,1-2H3;2*1H/t12-;;/m0../s1. The summed E-state index contributed by atoms with van der Waals surface area (Å²) in [6.07, 6.45) is 0.813. The van der Waals surface area contributed by atoms with Gasteiger partial charge in [-0.3, -0.25) is 15.0 Å². The molecule has 22 heavy (non-hydrogen) atoms. The molecular formula is C14H23Cl2N3O3. The molecule has 1 saturated heterocycles. The number of nitro groups is 1. The Hall–Kier alpha value is -1.08. The molecule has 1 aliphatic heterocycles. The molecule has 8 heteroatoms. The number of rotatable bonds is 4. The van der Waals surface area contributed by atoms with Gasteiger partial charge < -0.3 is 10.4 Å². The van der Waals surface area contributed by atoms with E-state index in [4.69, 9.17) is 0 Å². The Morgan fingerprint density at radius 1 is 1.36 bits per heavy atom.